The zero-order valence-corrected chi connectivity index (χ0v) is 8.75. The number of nitrogens with zero attached hydrogens (tertiary/aromatic N) is 1. The number of urea groups is 1. The summed E-state index contributed by atoms with van der Waals surface area (Å²) in [6.45, 7) is 3.06. The fraction of sp³-hybridized carbons (Fsp3) is 0.889. The van der Waals surface area contributed by atoms with Gasteiger partial charge in [-0.3, -0.25) is 5.43 Å². The van der Waals surface area contributed by atoms with Gasteiger partial charge >= 0.3 is 6.03 Å². The SMILES string of the molecule is CN1CCCC(CCNC(=O)NN)C1. The maximum Gasteiger partial charge on any atom is 0.328 e. The van der Waals surface area contributed by atoms with Crippen LogP contribution in [0.3, 0.4) is 0 Å². The van der Waals surface area contributed by atoms with Gasteiger partial charge in [0, 0.05) is 13.1 Å². The predicted octanol–water partition coefficient (Wildman–Crippen LogP) is -0.109. The Hall–Kier alpha value is -0.810. The van der Waals surface area contributed by atoms with E-state index in [1.165, 1.54) is 19.4 Å². The summed E-state index contributed by atoms with van der Waals surface area (Å²) in [6.07, 6.45) is 3.58. The van der Waals surface area contributed by atoms with Gasteiger partial charge in [0.15, 0.2) is 0 Å². The van der Waals surface area contributed by atoms with Crippen LogP contribution in [0.25, 0.3) is 0 Å². The molecule has 4 N–H and O–H groups in total. The van der Waals surface area contributed by atoms with Crippen LogP contribution in [0, 0.1) is 5.92 Å². The van der Waals surface area contributed by atoms with E-state index in [0.717, 1.165) is 13.0 Å². The third-order valence-corrected chi connectivity index (χ3v) is 2.69. The van der Waals surface area contributed by atoms with Crippen LogP contribution in [0.2, 0.25) is 0 Å². The normalized spacial score (nSPS) is 23.1. The van der Waals surface area contributed by atoms with E-state index in [2.05, 4.69) is 22.7 Å². The highest BCUT2D eigenvalue weighted by molar-refractivity contribution is 5.72. The van der Waals surface area contributed by atoms with E-state index >= 15 is 0 Å². The fourth-order valence-corrected chi connectivity index (χ4v) is 1.95. The molecule has 5 nitrogen and oxygen atoms in total. The summed E-state index contributed by atoms with van der Waals surface area (Å²) in [5, 5.41) is 2.70. The summed E-state index contributed by atoms with van der Waals surface area (Å²) in [7, 11) is 2.15. The molecule has 0 radical (unpaired) electrons. The Labute approximate surface area is 85.0 Å². The minimum Gasteiger partial charge on any atom is -0.337 e. The summed E-state index contributed by atoms with van der Waals surface area (Å²) >= 11 is 0. The smallest absolute Gasteiger partial charge is 0.328 e. The maximum atomic E-state index is 10.8. The number of hydrazine groups is 1. The zero-order valence-electron chi connectivity index (χ0n) is 8.75. The molecular weight excluding hydrogens is 180 g/mol. The van der Waals surface area contributed by atoms with Crippen molar-refractivity contribution in [1.29, 1.82) is 0 Å². The highest BCUT2D eigenvalue weighted by Gasteiger charge is 2.16. The van der Waals surface area contributed by atoms with Crippen LogP contribution in [0.5, 0.6) is 0 Å². The van der Waals surface area contributed by atoms with Crippen LogP contribution >= 0.6 is 0 Å². The van der Waals surface area contributed by atoms with Crippen molar-refractivity contribution in [1.82, 2.24) is 15.6 Å². The van der Waals surface area contributed by atoms with E-state index in [1.54, 1.807) is 0 Å². The number of carbonyl (C=O) groups is 1. The quantitative estimate of drug-likeness (QED) is 0.338. The Morgan fingerprint density at radius 1 is 1.64 bits per heavy atom. The van der Waals surface area contributed by atoms with Gasteiger partial charge in [0.05, 0.1) is 0 Å². The van der Waals surface area contributed by atoms with Crippen LogP contribution in [0.1, 0.15) is 19.3 Å². The fourth-order valence-electron chi connectivity index (χ4n) is 1.95. The van der Waals surface area contributed by atoms with Gasteiger partial charge in [0.25, 0.3) is 0 Å². The molecule has 1 rings (SSSR count). The molecule has 0 spiro atoms. The third-order valence-electron chi connectivity index (χ3n) is 2.69. The Morgan fingerprint density at radius 3 is 3.07 bits per heavy atom. The van der Waals surface area contributed by atoms with Gasteiger partial charge in [-0.15, -0.1) is 0 Å². The molecule has 1 aliphatic rings. The Morgan fingerprint density at radius 2 is 2.43 bits per heavy atom. The van der Waals surface area contributed by atoms with Gasteiger partial charge in [0.1, 0.15) is 0 Å². The lowest BCUT2D eigenvalue weighted by molar-refractivity contribution is 0.200. The largest absolute Gasteiger partial charge is 0.337 e. The number of nitrogens with two attached hydrogens (primary N) is 1. The third kappa shape index (κ3) is 3.93. The molecule has 0 aromatic heterocycles. The molecule has 0 aromatic carbocycles. The number of amides is 2. The Bertz CT molecular complexity index is 186. The summed E-state index contributed by atoms with van der Waals surface area (Å²) in [5.41, 5.74) is 2.05. The standard InChI is InChI=1S/C9H20N4O/c1-13-6-2-3-8(7-13)4-5-11-9(14)12-10/h8H,2-7,10H2,1H3,(H2,11,12,14). The molecule has 1 saturated heterocycles. The van der Waals surface area contributed by atoms with Crippen LogP contribution in [0.15, 0.2) is 0 Å². The predicted molar refractivity (Wildman–Crippen MR) is 55.6 cm³/mol. The minimum atomic E-state index is -0.297. The first-order valence-electron chi connectivity index (χ1n) is 5.15. The first-order chi connectivity index (χ1) is 6.72. The Balaban J connectivity index is 2.08. The van der Waals surface area contributed by atoms with Crippen molar-refractivity contribution in [2.75, 3.05) is 26.7 Å². The van der Waals surface area contributed by atoms with Gasteiger partial charge in [-0.2, -0.15) is 0 Å². The number of hydrogen-bond acceptors (Lipinski definition) is 3. The second-order valence-electron chi connectivity index (χ2n) is 3.96. The van der Waals surface area contributed by atoms with Gasteiger partial charge in [-0.1, -0.05) is 0 Å². The summed E-state index contributed by atoms with van der Waals surface area (Å²) in [6, 6.07) is -0.297. The van der Waals surface area contributed by atoms with Gasteiger partial charge in [-0.25, -0.2) is 10.6 Å². The first-order valence-corrected chi connectivity index (χ1v) is 5.15. The molecule has 0 bridgehead atoms. The summed E-state index contributed by atoms with van der Waals surface area (Å²) in [5.74, 6) is 5.66. The first kappa shape index (κ1) is 11.3. The van der Waals surface area contributed by atoms with Crippen molar-refractivity contribution in [3.63, 3.8) is 0 Å². The van der Waals surface area contributed by atoms with Crippen LogP contribution in [-0.2, 0) is 0 Å². The number of likely N-dealkylation sites (tertiary alicyclic amines) is 1. The van der Waals surface area contributed by atoms with E-state index in [-0.39, 0.29) is 6.03 Å². The summed E-state index contributed by atoms with van der Waals surface area (Å²) < 4.78 is 0. The number of carbonyl (C=O) groups excluding carboxylic acids is 1. The lowest BCUT2D eigenvalue weighted by Gasteiger charge is -2.29. The van der Waals surface area contributed by atoms with Crippen molar-refractivity contribution < 1.29 is 4.79 Å². The monoisotopic (exact) mass is 200 g/mol. The molecule has 1 fully saturated rings. The molecular formula is C9H20N4O. The van der Waals surface area contributed by atoms with Crippen LogP contribution in [-0.4, -0.2) is 37.6 Å². The molecule has 1 heterocycles. The van der Waals surface area contributed by atoms with Crippen LogP contribution < -0.4 is 16.6 Å². The molecule has 0 saturated carbocycles. The van der Waals surface area contributed by atoms with Gasteiger partial charge in [0.2, 0.25) is 0 Å². The average molecular weight is 200 g/mol. The van der Waals surface area contributed by atoms with E-state index in [0.29, 0.717) is 12.5 Å². The summed E-state index contributed by atoms with van der Waals surface area (Å²) in [4.78, 5) is 13.1. The molecule has 0 aliphatic carbocycles. The average Bonchev–Trinajstić information content (AvgIpc) is 2.17. The lowest BCUT2D eigenvalue weighted by atomic mass is 9.95. The number of rotatable bonds is 3. The molecule has 2 amide bonds. The van der Waals surface area contributed by atoms with Crippen LogP contribution in [0.4, 0.5) is 4.79 Å². The number of nitrogens with one attached hydrogen (secondary N) is 2. The number of hydrogen-bond donors (Lipinski definition) is 3. The minimum absolute atomic E-state index is 0.297. The molecule has 1 atom stereocenters. The lowest BCUT2D eigenvalue weighted by Crippen LogP contribution is -2.41. The molecule has 1 aliphatic heterocycles. The van der Waals surface area contributed by atoms with E-state index < -0.39 is 0 Å². The molecule has 14 heavy (non-hydrogen) atoms. The number of piperidine rings is 1. The van der Waals surface area contributed by atoms with E-state index in [1.807, 2.05) is 0 Å². The molecule has 82 valence electrons. The molecule has 5 heteroatoms. The van der Waals surface area contributed by atoms with E-state index in [9.17, 15) is 4.79 Å². The van der Waals surface area contributed by atoms with Gasteiger partial charge < -0.3 is 10.2 Å². The second-order valence-corrected chi connectivity index (χ2v) is 3.96. The van der Waals surface area contributed by atoms with Gasteiger partial charge in [-0.05, 0) is 38.8 Å². The van der Waals surface area contributed by atoms with Crippen molar-refractivity contribution in [2.45, 2.75) is 19.3 Å². The maximum absolute atomic E-state index is 10.8. The highest BCUT2D eigenvalue weighted by atomic mass is 16.2. The zero-order chi connectivity index (χ0) is 10.4. The molecule has 0 aromatic rings. The molecule has 1 unspecified atom stereocenters. The van der Waals surface area contributed by atoms with Crippen molar-refractivity contribution in [3.05, 3.63) is 0 Å². The topological polar surface area (TPSA) is 70.4 Å². The highest BCUT2D eigenvalue weighted by Crippen LogP contribution is 2.17. The Kier molecular flexibility index (Phi) is 4.69. The van der Waals surface area contributed by atoms with Crippen molar-refractivity contribution in [2.24, 2.45) is 11.8 Å². The second kappa shape index (κ2) is 5.82. The van der Waals surface area contributed by atoms with Crippen molar-refractivity contribution >= 4 is 6.03 Å². The van der Waals surface area contributed by atoms with Crippen molar-refractivity contribution in [3.8, 4) is 0 Å². The van der Waals surface area contributed by atoms with E-state index in [4.69, 9.17) is 5.84 Å².